The van der Waals surface area contributed by atoms with Crippen LogP contribution in [0.15, 0.2) is 21.8 Å². The minimum Gasteiger partial charge on any atom is -0.409 e. The lowest BCUT2D eigenvalue weighted by Gasteiger charge is -2.39. The van der Waals surface area contributed by atoms with Crippen molar-refractivity contribution in [3.63, 3.8) is 0 Å². The molecular weight excluding hydrogens is 325 g/mol. The van der Waals surface area contributed by atoms with Crippen molar-refractivity contribution in [3.8, 4) is 0 Å². The van der Waals surface area contributed by atoms with Gasteiger partial charge in [-0.2, -0.15) is 0 Å². The molecule has 0 aromatic heterocycles. The third-order valence-corrected chi connectivity index (χ3v) is 4.65. The van der Waals surface area contributed by atoms with Gasteiger partial charge in [0.15, 0.2) is 11.7 Å². The molecule has 0 bridgehead atoms. The summed E-state index contributed by atoms with van der Waals surface area (Å²) in [6.45, 7) is 5.13. The van der Waals surface area contributed by atoms with Crippen LogP contribution >= 0.6 is 15.9 Å². The van der Waals surface area contributed by atoms with E-state index >= 15 is 0 Å². The Hall–Kier alpha value is -1.30. The van der Waals surface area contributed by atoms with E-state index in [2.05, 4.69) is 39.8 Å². The SMILES string of the molecule is CC1CCC(C)N(c2ccc(/C(N)=N/O)c(Br)c2F)C1. The molecule has 0 saturated carbocycles. The van der Waals surface area contributed by atoms with E-state index in [9.17, 15) is 4.39 Å². The summed E-state index contributed by atoms with van der Waals surface area (Å²) in [5, 5.41) is 11.6. The second-order valence-electron chi connectivity index (χ2n) is 5.43. The molecule has 1 fully saturated rings. The molecule has 0 amide bonds. The van der Waals surface area contributed by atoms with Crippen molar-refractivity contribution in [3.05, 3.63) is 28.0 Å². The fourth-order valence-electron chi connectivity index (χ4n) is 2.64. The van der Waals surface area contributed by atoms with Gasteiger partial charge < -0.3 is 15.8 Å². The second-order valence-corrected chi connectivity index (χ2v) is 6.22. The van der Waals surface area contributed by atoms with E-state index in [4.69, 9.17) is 10.9 Å². The molecule has 1 aliphatic rings. The maximum absolute atomic E-state index is 14.6. The van der Waals surface area contributed by atoms with Gasteiger partial charge in [-0.15, -0.1) is 0 Å². The third-order valence-electron chi connectivity index (χ3n) is 3.87. The molecule has 0 spiro atoms. The maximum Gasteiger partial charge on any atom is 0.171 e. The lowest BCUT2D eigenvalue weighted by Crippen LogP contribution is -2.41. The van der Waals surface area contributed by atoms with E-state index in [0.717, 1.165) is 13.0 Å². The van der Waals surface area contributed by atoms with Gasteiger partial charge >= 0.3 is 0 Å². The molecule has 1 aromatic carbocycles. The smallest absolute Gasteiger partial charge is 0.171 e. The zero-order valence-corrected chi connectivity index (χ0v) is 13.2. The Balaban J connectivity index is 2.41. The van der Waals surface area contributed by atoms with Crippen LogP contribution in [0.1, 0.15) is 32.3 Å². The first-order valence-corrected chi connectivity index (χ1v) is 7.47. The number of amidine groups is 1. The fourth-order valence-corrected chi connectivity index (χ4v) is 3.18. The summed E-state index contributed by atoms with van der Waals surface area (Å²) in [4.78, 5) is 2.09. The van der Waals surface area contributed by atoms with Gasteiger partial charge in [0.05, 0.1) is 10.2 Å². The summed E-state index contributed by atoms with van der Waals surface area (Å²) >= 11 is 3.20. The molecule has 2 unspecified atom stereocenters. The van der Waals surface area contributed by atoms with Crippen molar-refractivity contribution < 1.29 is 9.60 Å². The van der Waals surface area contributed by atoms with Gasteiger partial charge in [0, 0.05) is 18.2 Å². The summed E-state index contributed by atoms with van der Waals surface area (Å²) in [6.07, 6.45) is 2.23. The first-order chi connectivity index (χ1) is 9.45. The number of anilines is 1. The van der Waals surface area contributed by atoms with Crippen LogP contribution < -0.4 is 10.6 Å². The third kappa shape index (κ3) is 2.75. The van der Waals surface area contributed by atoms with Gasteiger partial charge in [0.2, 0.25) is 0 Å². The molecule has 1 saturated heterocycles. The lowest BCUT2D eigenvalue weighted by molar-refractivity contribution is 0.318. The van der Waals surface area contributed by atoms with E-state index in [1.54, 1.807) is 12.1 Å². The molecule has 2 rings (SSSR count). The molecule has 1 heterocycles. The van der Waals surface area contributed by atoms with Crippen molar-refractivity contribution in [1.29, 1.82) is 0 Å². The predicted molar refractivity (Wildman–Crippen MR) is 81.8 cm³/mol. The van der Waals surface area contributed by atoms with E-state index in [0.29, 0.717) is 23.2 Å². The van der Waals surface area contributed by atoms with Gasteiger partial charge in [-0.25, -0.2) is 4.39 Å². The molecule has 1 aliphatic heterocycles. The average molecular weight is 344 g/mol. The van der Waals surface area contributed by atoms with Gasteiger partial charge in [0.1, 0.15) is 0 Å². The van der Waals surface area contributed by atoms with E-state index < -0.39 is 0 Å². The normalized spacial score (nSPS) is 24.0. The topological polar surface area (TPSA) is 61.8 Å². The Morgan fingerprint density at radius 2 is 2.15 bits per heavy atom. The number of halogens is 2. The van der Waals surface area contributed by atoms with Crippen molar-refractivity contribution in [2.45, 2.75) is 32.7 Å². The molecule has 0 aliphatic carbocycles. The van der Waals surface area contributed by atoms with Gasteiger partial charge in [-0.3, -0.25) is 0 Å². The van der Waals surface area contributed by atoms with Crippen LogP contribution in [0.4, 0.5) is 10.1 Å². The molecule has 110 valence electrons. The zero-order valence-electron chi connectivity index (χ0n) is 11.6. The fraction of sp³-hybridized carbons (Fsp3) is 0.500. The Bertz CT molecular complexity index is 535. The van der Waals surface area contributed by atoms with Gasteiger partial charge in [0.25, 0.3) is 0 Å². The highest BCUT2D eigenvalue weighted by atomic mass is 79.9. The Labute approximate surface area is 126 Å². The lowest BCUT2D eigenvalue weighted by atomic mass is 9.94. The Kier molecular flexibility index (Phi) is 4.52. The maximum atomic E-state index is 14.6. The van der Waals surface area contributed by atoms with Crippen molar-refractivity contribution in [2.24, 2.45) is 16.8 Å². The van der Waals surface area contributed by atoms with Crippen molar-refractivity contribution >= 4 is 27.5 Å². The van der Waals surface area contributed by atoms with Crippen LogP contribution in [0.2, 0.25) is 0 Å². The summed E-state index contributed by atoms with van der Waals surface area (Å²) in [7, 11) is 0. The number of nitrogens with zero attached hydrogens (tertiary/aromatic N) is 2. The number of nitrogens with two attached hydrogens (primary N) is 1. The first kappa shape index (κ1) is 15.1. The van der Waals surface area contributed by atoms with Crippen LogP contribution in [0.25, 0.3) is 0 Å². The first-order valence-electron chi connectivity index (χ1n) is 6.68. The summed E-state index contributed by atoms with van der Waals surface area (Å²) in [5.74, 6) is 0.0746. The van der Waals surface area contributed by atoms with Crippen LogP contribution in [0.3, 0.4) is 0 Å². The molecule has 20 heavy (non-hydrogen) atoms. The van der Waals surface area contributed by atoms with Crippen LogP contribution in [0, 0.1) is 11.7 Å². The number of rotatable bonds is 2. The van der Waals surface area contributed by atoms with Crippen LogP contribution in [-0.4, -0.2) is 23.6 Å². The molecule has 1 aromatic rings. The zero-order chi connectivity index (χ0) is 14.9. The number of oxime groups is 1. The van der Waals surface area contributed by atoms with E-state index in [1.807, 2.05) is 0 Å². The van der Waals surface area contributed by atoms with Crippen LogP contribution in [0.5, 0.6) is 0 Å². The number of benzene rings is 1. The predicted octanol–water partition coefficient (Wildman–Crippen LogP) is 3.31. The molecule has 3 N–H and O–H groups in total. The van der Waals surface area contributed by atoms with E-state index in [1.165, 1.54) is 6.42 Å². The van der Waals surface area contributed by atoms with Crippen molar-refractivity contribution in [2.75, 3.05) is 11.4 Å². The minimum absolute atomic E-state index is 0.109. The highest BCUT2D eigenvalue weighted by Gasteiger charge is 2.26. The average Bonchev–Trinajstić information content (AvgIpc) is 2.44. The molecule has 6 heteroatoms. The number of piperidine rings is 1. The number of hydrogen-bond acceptors (Lipinski definition) is 3. The second kappa shape index (κ2) is 5.99. The quantitative estimate of drug-likeness (QED) is 0.375. The highest BCUT2D eigenvalue weighted by Crippen LogP contribution is 2.34. The molecule has 0 radical (unpaired) electrons. The Morgan fingerprint density at radius 3 is 2.80 bits per heavy atom. The standard InChI is InChI=1S/C14H19BrFN3O/c1-8-3-4-9(2)19(7-8)11-6-5-10(14(17)18-20)12(15)13(11)16/h5-6,8-9,20H,3-4,7H2,1-2H3,(H2,17,18). The van der Waals surface area contributed by atoms with Crippen LogP contribution in [-0.2, 0) is 0 Å². The number of hydrogen-bond donors (Lipinski definition) is 2. The van der Waals surface area contributed by atoms with E-state index in [-0.39, 0.29) is 16.1 Å². The molecule has 4 nitrogen and oxygen atoms in total. The van der Waals surface area contributed by atoms with Gasteiger partial charge in [-0.1, -0.05) is 12.1 Å². The minimum atomic E-state index is -0.366. The highest BCUT2D eigenvalue weighted by molar-refractivity contribution is 9.10. The molecular formula is C14H19BrFN3O. The summed E-state index contributed by atoms with van der Waals surface area (Å²) in [6, 6.07) is 3.67. The monoisotopic (exact) mass is 343 g/mol. The largest absolute Gasteiger partial charge is 0.409 e. The summed E-state index contributed by atoms with van der Waals surface area (Å²) < 4.78 is 14.8. The molecule has 2 atom stereocenters. The summed E-state index contributed by atoms with van der Waals surface area (Å²) in [5.41, 5.74) is 6.45. The van der Waals surface area contributed by atoms with Gasteiger partial charge in [-0.05, 0) is 53.7 Å². The Morgan fingerprint density at radius 1 is 1.45 bits per heavy atom. The van der Waals surface area contributed by atoms with Crippen molar-refractivity contribution in [1.82, 2.24) is 0 Å².